The van der Waals surface area contributed by atoms with E-state index in [4.69, 9.17) is 4.98 Å². The zero-order valence-corrected chi connectivity index (χ0v) is 15.1. The molecule has 4 rings (SSSR count). The summed E-state index contributed by atoms with van der Waals surface area (Å²) < 4.78 is 1.15. The van der Waals surface area contributed by atoms with E-state index >= 15 is 0 Å². The summed E-state index contributed by atoms with van der Waals surface area (Å²) in [6.07, 6.45) is 8.18. The van der Waals surface area contributed by atoms with Crippen LogP contribution in [-0.4, -0.2) is 15.0 Å². The average molecular weight is 325 g/mol. The number of hydrogen-bond donors (Lipinski definition) is 0. The molecule has 120 valence electrons. The summed E-state index contributed by atoms with van der Waals surface area (Å²) >= 11 is 1.74. The number of thiophene rings is 1. The first-order valence-electron chi connectivity index (χ1n) is 8.47. The van der Waals surface area contributed by atoms with Crippen LogP contribution >= 0.6 is 11.3 Å². The van der Waals surface area contributed by atoms with Crippen LogP contribution in [0, 0.1) is 11.3 Å². The van der Waals surface area contributed by atoms with E-state index in [-0.39, 0.29) is 0 Å². The molecule has 0 N–H and O–H groups in total. The van der Waals surface area contributed by atoms with E-state index in [9.17, 15) is 0 Å². The monoisotopic (exact) mass is 325 g/mol. The molecule has 3 aromatic heterocycles. The summed E-state index contributed by atoms with van der Waals surface area (Å²) in [5.74, 6) is 0.633. The first-order chi connectivity index (χ1) is 10.9. The zero-order chi connectivity index (χ0) is 16.2. The topological polar surface area (TPSA) is 38.7 Å². The quantitative estimate of drug-likeness (QED) is 0.669. The van der Waals surface area contributed by atoms with Gasteiger partial charge in [-0.3, -0.25) is 0 Å². The largest absolute Gasteiger partial charge is 0.243 e. The van der Waals surface area contributed by atoms with Crippen molar-refractivity contribution in [2.75, 3.05) is 0 Å². The molecule has 0 unspecified atom stereocenters. The second kappa shape index (κ2) is 5.23. The van der Waals surface area contributed by atoms with Crippen LogP contribution in [0.25, 0.3) is 20.4 Å². The van der Waals surface area contributed by atoms with Crippen molar-refractivity contribution in [1.29, 1.82) is 0 Å². The number of aromatic nitrogens is 3. The Kier molecular flexibility index (Phi) is 3.41. The van der Waals surface area contributed by atoms with Gasteiger partial charge in [0.1, 0.15) is 11.2 Å². The van der Waals surface area contributed by atoms with Crippen molar-refractivity contribution < 1.29 is 0 Å². The second-order valence-corrected chi connectivity index (χ2v) is 9.00. The Labute approximate surface area is 141 Å². The molecule has 0 bridgehead atoms. The maximum absolute atomic E-state index is 5.06. The lowest BCUT2D eigenvalue weighted by molar-refractivity contribution is 0.315. The second-order valence-electron chi connectivity index (χ2n) is 7.97. The van der Waals surface area contributed by atoms with Gasteiger partial charge in [0.15, 0.2) is 0 Å². The number of hydrogen-bond acceptors (Lipinski definition) is 4. The maximum atomic E-state index is 5.06. The first kappa shape index (κ1) is 15.0. The summed E-state index contributed by atoms with van der Waals surface area (Å²) in [7, 11) is 0. The molecule has 0 radical (unpaired) electrons. The van der Waals surface area contributed by atoms with E-state index in [1.54, 1.807) is 17.7 Å². The lowest BCUT2D eigenvalue weighted by Gasteiger charge is -2.33. The fourth-order valence-corrected chi connectivity index (χ4v) is 4.83. The highest BCUT2D eigenvalue weighted by atomic mass is 32.1. The van der Waals surface area contributed by atoms with Crippen molar-refractivity contribution in [2.24, 2.45) is 11.3 Å². The summed E-state index contributed by atoms with van der Waals surface area (Å²) in [4.78, 5) is 15.0. The van der Waals surface area contributed by atoms with Gasteiger partial charge in [-0.15, -0.1) is 11.3 Å². The van der Waals surface area contributed by atoms with Crippen LogP contribution in [-0.2, 0) is 19.3 Å². The van der Waals surface area contributed by atoms with E-state index in [1.165, 1.54) is 28.6 Å². The van der Waals surface area contributed by atoms with Crippen LogP contribution in [0.1, 0.15) is 50.9 Å². The highest BCUT2D eigenvalue weighted by molar-refractivity contribution is 7.25. The Morgan fingerprint density at radius 1 is 1.26 bits per heavy atom. The van der Waals surface area contributed by atoms with Gasteiger partial charge in [-0.05, 0) is 48.1 Å². The maximum Gasteiger partial charge on any atom is 0.126 e. The predicted octanol–water partition coefficient (Wildman–Crippen LogP) is 4.95. The fourth-order valence-electron chi connectivity index (χ4n) is 3.78. The lowest BCUT2D eigenvalue weighted by Crippen LogP contribution is -2.24. The van der Waals surface area contributed by atoms with Crippen LogP contribution in [0.2, 0.25) is 0 Å². The van der Waals surface area contributed by atoms with Gasteiger partial charge in [0.25, 0.3) is 0 Å². The molecule has 0 spiro atoms. The molecule has 3 aromatic rings. The Morgan fingerprint density at radius 2 is 2.09 bits per heavy atom. The SMILES string of the molecule is CC(C)Cc1nc2sc3cncnc3c2c2c1CCC(C)(C)C2. The van der Waals surface area contributed by atoms with Gasteiger partial charge in [-0.2, -0.15) is 0 Å². The van der Waals surface area contributed by atoms with Gasteiger partial charge in [0.2, 0.25) is 0 Å². The molecule has 0 atom stereocenters. The van der Waals surface area contributed by atoms with E-state index in [0.717, 1.165) is 34.3 Å². The minimum atomic E-state index is 0.359. The molecule has 3 heterocycles. The van der Waals surface area contributed by atoms with E-state index < -0.39 is 0 Å². The Balaban J connectivity index is 2.06. The molecule has 23 heavy (non-hydrogen) atoms. The average Bonchev–Trinajstić information content (AvgIpc) is 2.83. The third-order valence-corrected chi connectivity index (χ3v) is 5.90. The van der Waals surface area contributed by atoms with Crippen molar-refractivity contribution in [1.82, 2.24) is 15.0 Å². The summed E-state index contributed by atoms with van der Waals surface area (Å²) in [5, 5.41) is 1.29. The highest BCUT2D eigenvalue weighted by Crippen LogP contribution is 2.43. The molecule has 0 aromatic carbocycles. The third-order valence-electron chi connectivity index (χ3n) is 4.90. The number of nitrogens with zero attached hydrogens (tertiary/aromatic N) is 3. The number of rotatable bonds is 2. The highest BCUT2D eigenvalue weighted by Gasteiger charge is 2.30. The van der Waals surface area contributed by atoms with Crippen LogP contribution in [0.15, 0.2) is 12.5 Å². The van der Waals surface area contributed by atoms with Gasteiger partial charge >= 0.3 is 0 Å². The molecular formula is C19H23N3S. The van der Waals surface area contributed by atoms with Crippen LogP contribution in [0.4, 0.5) is 0 Å². The number of pyridine rings is 1. The van der Waals surface area contributed by atoms with Gasteiger partial charge in [-0.25, -0.2) is 15.0 Å². The molecule has 0 amide bonds. The molecule has 1 aliphatic carbocycles. The van der Waals surface area contributed by atoms with Crippen molar-refractivity contribution in [3.8, 4) is 0 Å². The molecular weight excluding hydrogens is 302 g/mol. The zero-order valence-electron chi connectivity index (χ0n) is 14.3. The summed E-state index contributed by atoms with van der Waals surface area (Å²) in [6, 6.07) is 0. The standard InChI is InChI=1S/C19H23N3S/c1-11(2)7-14-12-5-6-19(3,4)8-13(12)16-17-15(9-20-10-21-17)23-18(16)22-14/h9-11H,5-8H2,1-4H3. The Morgan fingerprint density at radius 3 is 2.87 bits per heavy atom. The predicted molar refractivity (Wildman–Crippen MR) is 97.1 cm³/mol. The van der Waals surface area contributed by atoms with Gasteiger partial charge in [0.05, 0.1) is 10.2 Å². The van der Waals surface area contributed by atoms with Crippen molar-refractivity contribution >= 4 is 31.8 Å². The Bertz CT molecular complexity index is 892. The van der Waals surface area contributed by atoms with Crippen molar-refractivity contribution in [3.63, 3.8) is 0 Å². The molecule has 0 saturated carbocycles. The molecule has 4 heteroatoms. The molecule has 1 aliphatic rings. The van der Waals surface area contributed by atoms with E-state index in [0.29, 0.717) is 11.3 Å². The van der Waals surface area contributed by atoms with Crippen molar-refractivity contribution in [3.05, 3.63) is 29.3 Å². The van der Waals surface area contributed by atoms with Crippen LogP contribution in [0.3, 0.4) is 0 Å². The van der Waals surface area contributed by atoms with Gasteiger partial charge < -0.3 is 0 Å². The van der Waals surface area contributed by atoms with Crippen LogP contribution in [0.5, 0.6) is 0 Å². The van der Waals surface area contributed by atoms with E-state index in [1.807, 2.05) is 6.20 Å². The minimum absolute atomic E-state index is 0.359. The van der Waals surface area contributed by atoms with Gasteiger partial charge in [-0.1, -0.05) is 27.7 Å². The minimum Gasteiger partial charge on any atom is -0.243 e. The fraction of sp³-hybridized carbons (Fsp3) is 0.526. The lowest BCUT2D eigenvalue weighted by atomic mass is 9.73. The van der Waals surface area contributed by atoms with E-state index in [2.05, 4.69) is 37.7 Å². The summed E-state index contributed by atoms with van der Waals surface area (Å²) in [5.41, 5.74) is 5.78. The Hall–Kier alpha value is -1.55. The molecule has 3 nitrogen and oxygen atoms in total. The third kappa shape index (κ3) is 2.53. The van der Waals surface area contributed by atoms with Crippen LogP contribution < -0.4 is 0 Å². The van der Waals surface area contributed by atoms with Crippen molar-refractivity contribution in [2.45, 2.75) is 53.4 Å². The summed E-state index contributed by atoms with van der Waals surface area (Å²) in [6.45, 7) is 9.32. The normalized spacial score (nSPS) is 17.1. The molecule has 0 aliphatic heterocycles. The number of fused-ring (bicyclic) bond motifs is 5. The van der Waals surface area contributed by atoms with Gasteiger partial charge in [0, 0.05) is 17.3 Å². The molecule has 0 saturated heterocycles. The molecule has 0 fully saturated rings. The smallest absolute Gasteiger partial charge is 0.126 e. The first-order valence-corrected chi connectivity index (χ1v) is 9.29.